The molecule has 2 aliphatic heterocycles. The maximum atomic E-state index is 13.7. The highest BCUT2D eigenvalue weighted by Gasteiger charge is 2.40. The molecule has 3 heterocycles. The molecule has 1 saturated heterocycles. The van der Waals surface area contributed by atoms with E-state index < -0.39 is 6.04 Å². The first kappa shape index (κ1) is 21.5. The maximum Gasteiger partial charge on any atom is 0.228 e. The minimum Gasteiger partial charge on any atom is -0.467 e. The second-order valence-electron chi connectivity index (χ2n) is 8.49. The second kappa shape index (κ2) is 9.23. The van der Waals surface area contributed by atoms with Crippen LogP contribution in [0.1, 0.15) is 43.9 Å². The topological polar surface area (TPSA) is 92.1 Å². The minimum atomic E-state index is -0.676. The highest BCUT2D eigenvalue weighted by atomic mass is 16.5. The lowest BCUT2D eigenvalue weighted by Crippen LogP contribution is -2.42. The molecule has 8 heteroatoms. The van der Waals surface area contributed by atoms with E-state index in [0.29, 0.717) is 49.7 Å². The molecule has 0 unspecified atom stereocenters. The largest absolute Gasteiger partial charge is 0.467 e. The number of hydrogen-bond donors (Lipinski definition) is 1. The Morgan fingerprint density at radius 3 is 2.58 bits per heavy atom. The van der Waals surface area contributed by atoms with Crippen LogP contribution in [0.5, 0.6) is 0 Å². The average molecular weight is 450 g/mol. The zero-order valence-corrected chi connectivity index (χ0v) is 18.4. The average Bonchev–Trinajstić information content (AvgIpc) is 3.32. The van der Waals surface area contributed by atoms with E-state index in [0.717, 1.165) is 24.2 Å². The van der Waals surface area contributed by atoms with Crippen LogP contribution in [-0.4, -0.2) is 48.8 Å². The summed E-state index contributed by atoms with van der Waals surface area (Å²) in [6, 6.07) is 10.4. The number of Topliss-reactive ketones (excluding diaryl/α,β-unsaturated/α-hetero) is 1. The van der Waals surface area contributed by atoms with Crippen molar-refractivity contribution in [2.45, 2.75) is 38.1 Å². The molecule has 2 amide bonds. The molecule has 33 heavy (non-hydrogen) atoms. The van der Waals surface area contributed by atoms with Crippen molar-refractivity contribution in [3.8, 4) is 0 Å². The van der Waals surface area contributed by atoms with Crippen molar-refractivity contribution in [3.05, 3.63) is 59.7 Å². The zero-order valence-electron chi connectivity index (χ0n) is 18.4. The number of fused-ring (bicyclic) bond motifs is 1. The van der Waals surface area contributed by atoms with Crippen molar-refractivity contribution in [3.63, 3.8) is 0 Å². The smallest absolute Gasteiger partial charge is 0.228 e. The summed E-state index contributed by atoms with van der Waals surface area (Å²) in [6.45, 7) is 2.13. The van der Waals surface area contributed by atoms with Gasteiger partial charge in [-0.25, -0.2) is 0 Å². The number of nitrogens with zero attached hydrogens (tertiary/aromatic N) is 2. The molecule has 0 bridgehead atoms. The van der Waals surface area contributed by atoms with Crippen molar-refractivity contribution in [2.75, 3.05) is 36.5 Å². The molecule has 5 rings (SSSR count). The number of amides is 2. The van der Waals surface area contributed by atoms with Crippen LogP contribution in [0, 0.1) is 0 Å². The normalized spacial score (nSPS) is 20.6. The van der Waals surface area contributed by atoms with E-state index in [1.165, 1.54) is 0 Å². The summed E-state index contributed by atoms with van der Waals surface area (Å²) in [5.41, 5.74) is 2.84. The number of benzene rings is 1. The van der Waals surface area contributed by atoms with Crippen LogP contribution in [-0.2, 0) is 19.1 Å². The summed E-state index contributed by atoms with van der Waals surface area (Å²) in [5.74, 6) is 0.264. The lowest BCUT2D eigenvalue weighted by atomic mass is 9.88. The fourth-order valence-electron chi connectivity index (χ4n) is 4.83. The van der Waals surface area contributed by atoms with Gasteiger partial charge >= 0.3 is 0 Å². The standard InChI is InChI=1S/C25H27N3O5/c29-20-8-3-6-18-24(20)25(21-9-4-14-33-21)28(19-7-2-1-5-17(19)26-18)23(31)11-10-22(30)27-12-15-32-16-13-27/h1-2,4-5,7,9,14,25-26H,3,6,8,10-13,15-16H2/t25-/m1/s1. The monoisotopic (exact) mass is 449 g/mol. The van der Waals surface area contributed by atoms with Crippen LogP contribution in [0.4, 0.5) is 11.4 Å². The van der Waals surface area contributed by atoms with E-state index in [9.17, 15) is 14.4 Å². The first-order chi connectivity index (χ1) is 16.1. The Morgan fingerprint density at radius 2 is 1.79 bits per heavy atom. The van der Waals surface area contributed by atoms with Crippen LogP contribution >= 0.6 is 0 Å². The van der Waals surface area contributed by atoms with Crippen molar-refractivity contribution in [1.29, 1.82) is 0 Å². The van der Waals surface area contributed by atoms with Crippen LogP contribution < -0.4 is 10.2 Å². The second-order valence-corrected chi connectivity index (χ2v) is 8.49. The Labute approximate surface area is 192 Å². The van der Waals surface area contributed by atoms with E-state index in [1.54, 1.807) is 28.2 Å². The van der Waals surface area contributed by atoms with Gasteiger partial charge < -0.3 is 19.4 Å². The third-order valence-corrected chi connectivity index (χ3v) is 6.43. The number of carbonyl (C=O) groups excluding carboxylic acids is 3. The molecule has 2 aromatic rings. The molecular weight excluding hydrogens is 422 g/mol. The number of para-hydroxylation sites is 2. The zero-order chi connectivity index (χ0) is 22.8. The van der Waals surface area contributed by atoms with Crippen molar-refractivity contribution in [2.24, 2.45) is 0 Å². The van der Waals surface area contributed by atoms with Crippen molar-refractivity contribution < 1.29 is 23.5 Å². The molecule has 172 valence electrons. The Morgan fingerprint density at radius 1 is 1.00 bits per heavy atom. The minimum absolute atomic E-state index is 0.0140. The molecule has 1 N–H and O–H groups in total. The summed E-state index contributed by atoms with van der Waals surface area (Å²) < 4.78 is 11.1. The third-order valence-electron chi connectivity index (χ3n) is 6.43. The maximum absolute atomic E-state index is 13.7. The number of rotatable bonds is 4. The lowest BCUT2D eigenvalue weighted by Gasteiger charge is -2.32. The quantitative estimate of drug-likeness (QED) is 0.769. The number of anilines is 2. The summed E-state index contributed by atoms with van der Waals surface area (Å²) in [7, 11) is 0. The van der Waals surface area contributed by atoms with Gasteiger partial charge in [0.15, 0.2) is 5.78 Å². The van der Waals surface area contributed by atoms with Gasteiger partial charge in [0.2, 0.25) is 11.8 Å². The first-order valence-electron chi connectivity index (χ1n) is 11.5. The van der Waals surface area contributed by atoms with E-state index in [2.05, 4.69) is 5.32 Å². The predicted molar refractivity (Wildman–Crippen MR) is 122 cm³/mol. The third kappa shape index (κ3) is 4.18. The van der Waals surface area contributed by atoms with Crippen LogP contribution in [0.2, 0.25) is 0 Å². The summed E-state index contributed by atoms with van der Waals surface area (Å²) in [4.78, 5) is 42.9. The molecule has 1 aromatic carbocycles. The molecule has 1 atom stereocenters. The van der Waals surface area contributed by atoms with E-state index >= 15 is 0 Å². The Bertz CT molecular complexity index is 1090. The van der Waals surface area contributed by atoms with Crippen LogP contribution in [0.25, 0.3) is 0 Å². The number of allylic oxidation sites excluding steroid dienone is 1. The molecule has 0 radical (unpaired) electrons. The van der Waals surface area contributed by atoms with Crippen molar-refractivity contribution in [1.82, 2.24) is 4.90 Å². The van der Waals surface area contributed by atoms with Crippen LogP contribution in [0.15, 0.2) is 58.3 Å². The van der Waals surface area contributed by atoms with Crippen molar-refractivity contribution >= 4 is 29.0 Å². The molecular formula is C25H27N3O5. The number of carbonyl (C=O) groups is 3. The van der Waals surface area contributed by atoms with E-state index in [4.69, 9.17) is 9.15 Å². The van der Waals surface area contributed by atoms with E-state index in [-0.39, 0.29) is 30.4 Å². The molecule has 0 saturated carbocycles. The Kier molecular flexibility index (Phi) is 6.00. The Balaban J connectivity index is 1.51. The number of ether oxygens (including phenoxy) is 1. The number of morpholine rings is 1. The summed E-state index contributed by atoms with van der Waals surface area (Å²) in [6.07, 6.45) is 3.63. The Hall–Kier alpha value is -3.39. The van der Waals surface area contributed by atoms with E-state index in [1.807, 2.05) is 24.3 Å². The van der Waals surface area contributed by atoms with Gasteiger partial charge in [-0.05, 0) is 37.1 Å². The number of hydrogen-bond acceptors (Lipinski definition) is 6. The SMILES string of the molecule is O=C1CCCC2=C1[C@@H](c1ccco1)N(C(=O)CCC(=O)N1CCOCC1)c1ccccc1N2. The molecule has 3 aliphatic rings. The van der Waals surface area contributed by atoms with Gasteiger partial charge in [0, 0.05) is 43.6 Å². The number of furan rings is 1. The fourth-order valence-corrected chi connectivity index (χ4v) is 4.83. The first-order valence-corrected chi connectivity index (χ1v) is 11.5. The van der Waals surface area contributed by atoms with Gasteiger partial charge in [0.25, 0.3) is 0 Å². The van der Waals surface area contributed by atoms with Gasteiger partial charge in [0.1, 0.15) is 11.8 Å². The summed E-state index contributed by atoms with van der Waals surface area (Å²) >= 11 is 0. The number of nitrogens with one attached hydrogen (secondary N) is 1. The predicted octanol–water partition coefficient (Wildman–Crippen LogP) is 3.43. The molecule has 1 aliphatic carbocycles. The van der Waals surface area contributed by atoms with Crippen LogP contribution in [0.3, 0.4) is 0 Å². The molecule has 8 nitrogen and oxygen atoms in total. The summed E-state index contributed by atoms with van der Waals surface area (Å²) in [5, 5.41) is 3.42. The van der Waals surface area contributed by atoms with Gasteiger partial charge in [-0.3, -0.25) is 19.3 Å². The highest BCUT2D eigenvalue weighted by molar-refractivity contribution is 6.06. The van der Waals surface area contributed by atoms with Gasteiger partial charge in [-0.15, -0.1) is 0 Å². The number of ketones is 1. The fraction of sp³-hybridized carbons (Fsp3) is 0.400. The lowest BCUT2D eigenvalue weighted by molar-refractivity contribution is -0.136. The highest BCUT2D eigenvalue weighted by Crippen LogP contribution is 2.45. The molecule has 1 aromatic heterocycles. The van der Waals surface area contributed by atoms with Gasteiger partial charge in [-0.1, -0.05) is 12.1 Å². The van der Waals surface area contributed by atoms with Gasteiger partial charge in [0.05, 0.1) is 30.9 Å². The molecule has 0 spiro atoms. The van der Waals surface area contributed by atoms with Gasteiger partial charge in [-0.2, -0.15) is 0 Å². The molecule has 1 fully saturated rings.